The maximum Gasteiger partial charge on any atom is 0.270 e. The zero-order chi connectivity index (χ0) is 15.6. The number of hydrogen-bond donors (Lipinski definition) is 2. The van der Waals surface area contributed by atoms with E-state index in [9.17, 15) is 4.79 Å². The van der Waals surface area contributed by atoms with E-state index in [1.165, 1.54) is 0 Å². The molecule has 23 heavy (non-hydrogen) atoms. The number of nitrogens with zero attached hydrogens (tertiary/aromatic N) is 2. The van der Waals surface area contributed by atoms with Gasteiger partial charge in [0.05, 0.1) is 0 Å². The van der Waals surface area contributed by atoms with Gasteiger partial charge in [-0.2, -0.15) is 0 Å². The normalized spacial score (nSPS) is 15.3. The molecular weight excluding hydrogens is 296 g/mol. The molecule has 118 valence electrons. The molecule has 0 atom stereocenters. The van der Waals surface area contributed by atoms with Crippen LogP contribution < -0.4 is 20.1 Å². The molecule has 1 aromatic carbocycles. The van der Waals surface area contributed by atoms with Gasteiger partial charge in [-0.05, 0) is 36.6 Å². The Morgan fingerprint density at radius 3 is 2.96 bits per heavy atom. The summed E-state index contributed by atoms with van der Waals surface area (Å²) in [4.78, 5) is 20.6. The van der Waals surface area contributed by atoms with Gasteiger partial charge in [0.1, 0.15) is 5.69 Å². The molecule has 0 unspecified atom stereocenters. The van der Waals surface area contributed by atoms with Crippen LogP contribution in [0, 0.1) is 0 Å². The van der Waals surface area contributed by atoms with Crippen molar-refractivity contribution in [3.63, 3.8) is 0 Å². The number of benzene rings is 1. The average molecular weight is 312 g/mol. The molecule has 7 heteroatoms. The van der Waals surface area contributed by atoms with E-state index in [0.29, 0.717) is 30.0 Å². The monoisotopic (exact) mass is 312 g/mol. The third-order valence-corrected chi connectivity index (χ3v) is 3.69. The van der Waals surface area contributed by atoms with Gasteiger partial charge in [-0.15, -0.1) is 0 Å². The predicted octanol–water partition coefficient (Wildman–Crippen LogP) is 1.71. The molecule has 0 bridgehead atoms. The molecule has 1 saturated carbocycles. The SMILES string of the molecule is O=C(NCc1ccc2c(c1)OCO2)c1ccnc(NC2CC2)n1. The van der Waals surface area contributed by atoms with Crippen molar-refractivity contribution < 1.29 is 14.3 Å². The van der Waals surface area contributed by atoms with Gasteiger partial charge in [-0.25, -0.2) is 9.97 Å². The van der Waals surface area contributed by atoms with Crippen LogP contribution in [0.5, 0.6) is 11.5 Å². The molecule has 2 N–H and O–H groups in total. The summed E-state index contributed by atoms with van der Waals surface area (Å²) in [6.07, 6.45) is 3.85. The quantitative estimate of drug-likeness (QED) is 0.874. The number of carbonyl (C=O) groups excluding carboxylic acids is 1. The average Bonchev–Trinajstić information content (AvgIpc) is 3.26. The van der Waals surface area contributed by atoms with E-state index < -0.39 is 0 Å². The van der Waals surface area contributed by atoms with Crippen molar-refractivity contribution in [3.8, 4) is 11.5 Å². The first-order chi connectivity index (χ1) is 11.3. The molecule has 2 aliphatic rings. The third kappa shape index (κ3) is 3.18. The van der Waals surface area contributed by atoms with Crippen molar-refractivity contribution in [2.75, 3.05) is 12.1 Å². The Morgan fingerprint density at radius 2 is 2.09 bits per heavy atom. The second kappa shape index (κ2) is 5.75. The number of carbonyl (C=O) groups is 1. The molecule has 1 aliphatic carbocycles. The van der Waals surface area contributed by atoms with Crippen LogP contribution in [0.25, 0.3) is 0 Å². The van der Waals surface area contributed by atoms with Crippen LogP contribution >= 0.6 is 0 Å². The molecule has 2 heterocycles. The molecule has 4 rings (SSSR count). The zero-order valence-electron chi connectivity index (χ0n) is 12.4. The van der Waals surface area contributed by atoms with Gasteiger partial charge >= 0.3 is 0 Å². The van der Waals surface area contributed by atoms with Gasteiger partial charge in [-0.1, -0.05) is 6.07 Å². The maximum absolute atomic E-state index is 12.2. The van der Waals surface area contributed by atoms with E-state index >= 15 is 0 Å². The molecule has 1 aliphatic heterocycles. The zero-order valence-corrected chi connectivity index (χ0v) is 12.4. The first-order valence-electron chi connectivity index (χ1n) is 7.54. The van der Waals surface area contributed by atoms with E-state index in [1.807, 2.05) is 18.2 Å². The number of rotatable bonds is 5. The second-order valence-electron chi connectivity index (χ2n) is 5.55. The number of aromatic nitrogens is 2. The molecule has 1 fully saturated rings. The van der Waals surface area contributed by atoms with E-state index in [1.54, 1.807) is 12.3 Å². The smallest absolute Gasteiger partial charge is 0.270 e. The first-order valence-corrected chi connectivity index (χ1v) is 7.54. The number of fused-ring (bicyclic) bond motifs is 1. The summed E-state index contributed by atoms with van der Waals surface area (Å²) in [6.45, 7) is 0.633. The van der Waals surface area contributed by atoms with Gasteiger partial charge in [0.15, 0.2) is 11.5 Å². The number of ether oxygens (including phenoxy) is 2. The van der Waals surface area contributed by atoms with E-state index in [-0.39, 0.29) is 12.7 Å². The lowest BCUT2D eigenvalue weighted by molar-refractivity contribution is 0.0946. The van der Waals surface area contributed by atoms with Crippen LogP contribution in [0.2, 0.25) is 0 Å². The van der Waals surface area contributed by atoms with E-state index in [2.05, 4.69) is 20.6 Å². The lowest BCUT2D eigenvalue weighted by Gasteiger charge is -2.07. The molecule has 1 aromatic heterocycles. The second-order valence-corrected chi connectivity index (χ2v) is 5.55. The minimum atomic E-state index is -0.232. The third-order valence-electron chi connectivity index (χ3n) is 3.69. The van der Waals surface area contributed by atoms with Crippen LogP contribution in [0.4, 0.5) is 5.95 Å². The molecule has 2 aromatic rings. The first kappa shape index (κ1) is 13.8. The fraction of sp³-hybridized carbons (Fsp3) is 0.312. The molecule has 0 spiro atoms. The van der Waals surface area contributed by atoms with Crippen LogP contribution in [0.3, 0.4) is 0 Å². The highest BCUT2D eigenvalue weighted by atomic mass is 16.7. The van der Waals surface area contributed by atoms with Crippen molar-refractivity contribution in [2.45, 2.75) is 25.4 Å². The van der Waals surface area contributed by atoms with Crippen LogP contribution in [0.15, 0.2) is 30.5 Å². The molecule has 7 nitrogen and oxygen atoms in total. The Labute approximate surface area is 133 Å². The minimum absolute atomic E-state index is 0.232. The highest BCUT2D eigenvalue weighted by Gasteiger charge is 2.22. The summed E-state index contributed by atoms with van der Waals surface area (Å²) >= 11 is 0. The van der Waals surface area contributed by atoms with Crippen LogP contribution in [0.1, 0.15) is 28.9 Å². The summed E-state index contributed by atoms with van der Waals surface area (Å²) in [5.41, 5.74) is 1.29. The van der Waals surface area contributed by atoms with Crippen molar-refractivity contribution in [2.24, 2.45) is 0 Å². The molecule has 1 amide bonds. The number of nitrogens with one attached hydrogen (secondary N) is 2. The number of amides is 1. The van der Waals surface area contributed by atoms with E-state index in [4.69, 9.17) is 9.47 Å². The molecule has 0 saturated heterocycles. The Bertz CT molecular complexity index is 746. The number of anilines is 1. The highest BCUT2D eigenvalue weighted by molar-refractivity contribution is 5.92. The van der Waals surface area contributed by atoms with Crippen LogP contribution in [-0.2, 0) is 6.54 Å². The minimum Gasteiger partial charge on any atom is -0.454 e. The van der Waals surface area contributed by atoms with Crippen molar-refractivity contribution in [1.29, 1.82) is 0 Å². The summed E-state index contributed by atoms with van der Waals surface area (Å²) in [5, 5.41) is 6.03. The van der Waals surface area contributed by atoms with E-state index in [0.717, 1.165) is 24.2 Å². The summed E-state index contributed by atoms with van der Waals surface area (Å²) in [5.74, 6) is 1.70. The molecule has 0 radical (unpaired) electrons. The van der Waals surface area contributed by atoms with Gasteiger partial charge in [0.25, 0.3) is 5.91 Å². The summed E-state index contributed by atoms with van der Waals surface area (Å²) < 4.78 is 10.6. The van der Waals surface area contributed by atoms with Gasteiger partial charge in [0, 0.05) is 18.8 Å². The van der Waals surface area contributed by atoms with Crippen LogP contribution in [-0.4, -0.2) is 28.7 Å². The van der Waals surface area contributed by atoms with Crippen molar-refractivity contribution >= 4 is 11.9 Å². The molecular formula is C16H16N4O3. The fourth-order valence-electron chi connectivity index (χ4n) is 2.29. The fourth-order valence-corrected chi connectivity index (χ4v) is 2.29. The Balaban J connectivity index is 1.39. The topological polar surface area (TPSA) is 85.4 Å². The Hall–Kier alpha value is -2.83. The maximum atomic E-state index is 12.2. The van der Waals surface area contributed by atoms with Crippen molar-refractivity contribution in [1.82, 2.24) is 15.3 Å². The summed E-state index contributed by atoms with van der Waals surface area (Å²) in [6, 6.07) is 7.65. The largest absolute Gasteiger partial charge is 0.454 e. The van der Waals surface area contributed by atoms with Gasteiger partial charge in [-0.3, -0.25) is 4.79 Å². The predicted molar refractivity (Wildman–Crippen MR) is 82.4 cm³/mol. The standard InChI is InChI=1S/C16H16N4O3/c21-15(12-5-6-17-16(20-12)19-11-2-3-11)18-8-10-1-4-13-14(7-10)23-9-22-13/h1,4-7,11H,2-3,8-9H2,(H,18,21)(H,17,19,20). The Kier molecular flexibility index (Phi) is 3.45. The lowest BCUT2D eigenvalue weighted by atomic mass is 10.2. The highest BCUT2D eigenvalue weighted by Crippen LogP contribution is 2.32. The Morgan fingerprint density at radius 1 is 1.22 bits per heavy atom. The summed E-state index contributed by atoms with van der Waals surface area (Å²) in [7, 11) is 0. The van der Waals surface area contributed by atoms with Gasteiger partial charge < -0.3 is 20.1 Å². The van der Waals surface area contributed by atoms with Gasteiger partial charge in [0.2, 0.25) is 12.7 Å². The van der Waals surface area contributed by atoms with Crippen molar-refractivity contribution in [3.05, 3.63) is 41.7 Å². The lowest BCUT2D eigenvalue weighted by Crippen LogP contribution is -2.24. The number of hydrogen-bond acceptors (Lipinski definition) is 6.